The molecule has 4 nitrogen and oxygen atoms in total. The number of fused-ring (bicyclic) bond motifs is 3. The maximum absolute atomic E-state index is 13.3. The number of halogens is 1. The highest BCUT2D eigenvalue weighted by atomic mass is 35.5. The first-order valence-corrected chi connectivity index (χ1v) is 10.6. The van der Waals surface area contributed by atoms with Gasteiger partial charge in [-0.2, -0.15) is 0 Å². The van der Waals surface area contributed by atoms with Gasteiger partial charge in [0.05, 0.1) is 0 Å². The van der Waals surface area contributed by atoms with Gasteiger partial charge >= 0.3 is 5.63 Å². The number of benzene rings is 3. The highest BCUT2D eigenvalue weighted by molar-refractivity contribution is 6.30. The summed E-state index contributed by atoms with van der Waals surface area (Å²) in [4.78, 5) is 25.6. The molecule has 0 saturated carbocycles. The summed E-state index contributed by atoms with van der Waals surface area (Å²) in [6, 6.07) is 21.5. The second-order valence-electron chi connectivity index (χ2n) is 7.64. The molecule has 5 rings (SSSR count). The molecule has 0 fully saturated rings. The molecule has 1 atom stereocenters. The van der Waals surface area contributed by atoms with Crippen LogP contribution in [0.25, 0.3) is 11.0 Å². The minimum atomic E-state index is -0.846. The second-order valence-corrected chi connectivity index (χ2v) is 8.07. The summed E-state index contributed by atoms with van der Waals surface area (Å²) in [5.74, 6) is 0.281. The largest absolute Gasteiger partial charge is 0.477 e. The average molecular weight is 431 g/mol. The number of ether oxygens (including phenoxy) is 1. The highest BCUT2D eigenvalue weighted by Gasteiger charge is 2.25. The minimum absolute atomic E-state index is 0.182. The minimum Gasteiger partial charge on any atom is -0.477 e. The molecule has 0 radical (unpaired) electrons. The molecule has 31 heavy (non-hydrogen) atoms. The Balaban J connectivity index is 1.54. The van der Waals surface area contributed by atoms with E-state index in [1.54, 1.807) is 30.3 Å². The van der Waals surface area contributed by atoms with E-state index in [9.17, 15) is 9.59 Å². The first kappa shape index (κ1) is 19.6. The zero-order valence-electron chi connectivity index (χ0n) is 16.6. The van der Waals surface area contributed by atoms with Crippen molar-refractivity contribution in [2.75, 3.05) is 0 Å². The Hall–Kier alpha value is -3.37. The van der Waals surface area contributed by atoms with Crippen molar-refractivity contribution >= 4 is 28.4 Å². The molecule has 0 saturated heterocycles. The molecule has 0 N–H and O–H groups in total. The summed E-state index contributed by atoms with van der Waals surface area (Å²) in [6.07, 6.45) is 1.75. The summed E-state index contributed by atoms with van der Waals surface area (Å²) < 4.78 is 11.7. The van der Waals surface area contributed by atoms with Crippen LogP contribution in [0.5, 0.6) is 5.75 Å². The van der Waals surface area contributed by atoms with Gasteiger partial charge in [0.15, 0.2) is 6.10 Å². The van der Waals surface area contributed by atoms with Crippen molar-refractivity contribution in [3.05, 3.63) is 110 Å². The van der Waals surface area contributed by atoms with Crippen molar-refractivity contribution in [3.8, 4) is 5.75 Å². The number of ketones is 1. The van der Waals surface area contributed by atoms with Gasteiger partial charge in [-0.3, -0.25) is 4.79 Å². The third-order valence-electron chi connectivity index (χ3n) is 5.67. The van der Waals surface area contributed by atoms with Crippen molar-refractivity contribution in [2.24, 2.45) is 0 Å². The van der Waals surface area contributed by atoms with E-state index in [0.717, 1.165) is 41.3 Å². The van der Waals surface area contributed by atoms with E-state index in [1.165, 1.54) is 0 Å². The van der Waals surface area contributed by atoms with Crippen molar-refractivity contribution in [1.29, 1.82) is 0 Å². The monoisotopic (exact) mass is 430 g/mol. The van der Waals surface area contributed by atoms with Crippen LogP contribution in [0.4, 0.5) is 0 Å². The van der Waals surface area contributed by atoms with E-state index in [1.807, 2.05) is 42.5 Å². The van der Waals surface area contributed by atoms with E-state index >= 15 is 0 Å². The van der Waals surface area contributed by atoms with Crippen LogP contribution in [-0.2, 0) is 12.8 Å². The number of carbonyl (C=O) groups excluding carboxylic acids is 1. The third kappa shape index (κ3) is 3.75. The number of hydrogen-bond donors (Lipinski definition) is 0. The predicted molar refractivity (Wildman–Crippen MR) is 120 cm³/mol. The van der Waals surface area contributed by atoms with Gasteiger partial charge in [-0.05, 0) is 61.2 Å². The lowest BCUT2D eigenvalue weighted by Crippen LogP contribution is -2.19. The lowest BCUT2D eigenvalue weighted by molar-refractivity contribution is 0.0792. The average Bonchev–Trinajstić information content (AvgIpc) is 3.29. The van der Waals surface area contributed by atoms with Gasteiger partial charge in [0, 0.05) is 33.2 Å². The predicted octanol–water partition coefficient (Wildman–Crippen LogP) is 5.94. The summed E-state index contributed by atoms with van der Waals surface area (Å²) in [7, 11) is 0. The first-order chi connectivity index (χ1) is 15.1. The maximum Gasteiger partial charge on any atom is 0.339 e. The van der Waals surface area contributed by atoms with Gasteiger partial charge in [-0.1, -0.05) is 41.9 Å². The Labute approximate surface area is 184 Å². The number of carbonyl (C=O) groups is 1. The van der Waals surface area contributed by atoms with Crippen LogP contribution < -0.4 is 10.4 Å². The summed E-state index contributed by atoms with van der Waals surface area (Å²) in [5, 5.41) is 1.49. The number of Topliss-reactive ketones (excluding diaryl/α,β-unsaturated/α-hetero) is 1. The lowest BCUT2D eigenvalue weighted by atomic mass is 9.99. The van der Waals surface area contributed by atoms with Crippen LogP contribution in [0.3, 0.4) is 0 Å². The van der Waals surface area contributed by atoms with Crippen LogP contribution in [0.2, 0.25) is 5.02 Å². The molecule has 154 valence electrons. The van der Waals surface area contributed by atoms with Crippen LogP contribution in [0.15, 0.2) is 82.0 Å². The topological polar surface area (TPSA) is 56.5 Å². The molecule has 1 aliphatic carbocycles. The normalized spacial score (nSPS) is 13.7. The molecule has 0 unspecified atom stereocenters. The van der Waals surface area contributed by atoms with Crippen LogP contribution >= 0.6 is 11.6 Å². The molecule has 1 aromatic heterocycles. The van der Waals surface area contributed by atoms with Crippen molar-refractivity contribution in [1.82, 2.24) is 0 Å². The molecule has 0 amide bonds. The maximum atomic E-state index is 13.3. The Morgan fingerprint density at radius 1 is 0.935 bits per heavy atom. The molecular weight excluding hydrogens is 412 g/mol. The van der Waals surface area contributed by atoms with Crippen molar-refractivity contribution in [2.45, 2.75) is 25.4 Å². The molecule has 0 aliphatic heterocycles. The second kappa shape index (κ2) is 8.05. The Bertz CT molecular complexity index is 1320. The van der Waals surface area contributed by atoms with E-state index in [4.69, 9.17) is 20.8 Å². The number of aryl methyl sites for hydroxylation is 1. The Morgan fingerprint density at radius 3 is 2.45 bits per heavy atom. The highest BCUT2D eigenvalue weighted by Crippen LogP contribution is 2.32. The molecule has 5 heteroatoms. The smallest absolute Gasteiger partial charge is 0.339 e. The Kier molecular flexibility index (Phi) is 5.08. The molecule has 0 spiro atoms. The zero-order valence-corrected chi connectivity index (χ0v) is 17.4. The first-order valence-electron chi connectivity index (χ1n) is 10.2. The fourth-order valence-corrected chi connectivity index (χ4v) is 4.27. The molecule has 3 aromatic carbocycles. The molecule has 4 aromatic rings. The van der Waals surface area contributed by atoms with Gasteiger partial charge < -0.3 is 9.15 Å². The number of hydrogen-bond acceptors (Lipinski definition) is 4. The quantitative estimate of drug-likeness (QED) is 0.290. The van der Waals surface area contributed by atoms with E-state index in [2.05, 4.69) is 0 Å². The van der Waals surface area contributed by atoms with Crippen LogP contribution in [0.1, 0.15) is 39.6 Å². The summed E-state index contributed by atoms with van der Waals surface area (Å²) >= 11 is 5.97. The number of rotatable bonds is 5. The van der Waals surface area contributed by atoms with Gasteiger partial charge in [-0.25, -0.2) is 4.79 Å². The fraction of sp³-hybridized carbons (Fsp3) is 0.154. The Morgan fingerprint density at radius 2 is 1.68 bits per heavy atom. The van der Waals surface area contributed by atoms with Gasteiger partial charge in [0.25, 0.3) is 0 Å². The van der Waals surface area contributed by atoms with Gasteiger partial charge in [0.1, 0.15) is 11.3 Å². The van der Waals surface area contributed by atoms with Crippen LogP contribution in [0, 0.1) is 0 Å². The van der Waals surface area contributed by atoms with Crippen molar-refractivity contribution < 1.29 is 13.9 Å². The molecule has 1 heterocycles. The van der Waals surface area contributed by atoms with Gasteiger partial charge in [-0.15, -0.1) is 0 Å². The zero-order chi connectivity index (χ0) is 21.4. The molecular formula is C26H19ClO4. The van der Waals surface area contributed by atoms with E-state index in [-0.39, 0.29) is 11.4 Å². The van der Waals surface area contributed by atoms with E-state index < -0.39 is 6.10 Å². The van der Waals surface area contributed by atoms with Crippen molar-refractivity contribution in [3.63, 3.8) is 0 Å². The molecule has 1 aliphatic rings. The lowest BCUT2D eigenvalue weighted by Gasteiger charge is -2.19. The SMILES string of the molecule is O=C(c1ccc(Cl)cc1)[C@H](Oc1ccc2c3c(c(=O)oc2c1)CCC3)c1ccccc1. The fourth-order valence-electron chi connectivity index (χ4n) is 4.14. The standard InChI is InChI=1S/C26H19ClO4/c27-18-11-9-16(10-12-18)24(28)25(17-5-2-1-3-6-17)30-19-13-14-21-20-7-4-8-22(20)26(29)31-23(21)15-19/h1-3,5-6,9-15,25H,4,7-8H2/t25-/m1/s1. The molecule has 0 bridgehead atoms. The third-order valence-corrected chi connectivity index (χ3v) is 5.92. The van der Waals surface area contributed by atoms with Gasteiger partial charge in [0.2, 0.25) is 5.78 Å². The van der Waals surface area contributed by atoms with Crippen LogP contribution in [-0.4, -0.2) is 5.78 Å². The van der Waals surface area contributed by atoms with E-state index in [0.29, 0.717) is 21.9 Å². The summed E-state index contributed by atoms with van der Waals surface area (Å²) in [5.41, 5.74) is 3.28. The summed E-state index contributed by atoms with van der Waals surface area (Å²) in [6.45, 7) is 0.